The summed E-state index contributed by atoms with van der Waals surface area (Å²) >= 11 is 0. The van der Waals surface area contributed by atoms with Crippen molar-refractivity contribution < 1.29 is 0 Å². The summed E-state index contributed by atoms with van der Waals surface area (Å²) in [6.07, 6.45) is 1.59. The monoisotopic (exact) mass is 285 g/mol. The molecule has 3 nitrogen and oxygen atoms in total. The lowest BCUT2D eigenvalue weighted by atomic mass is 10.1. The van der Waals surface area contributed by atoms with Gasteiger partial charge in [0.1, 0.15) is 12.1 Å². The summed E-state index contributed by atoms with van der Waals surface area (Å²) in [7, 11) is 0. The van der Waals surface area contributed by atoms with Gasteiger partial charge in [0.2, 0.25) is 0 Å². The average molecular weight is 286 g/mol. The van der Waals surface area contributed by atoms with Crippen LogP contribution in [0, 0.1) is 13.8 Å². The van der Waals surface area contributed by atoms with E-state index in [-0.39, 0.29) is 12.4 Å². The zero-order chi connectivity index (χ0) is 13.2. The third-order valence-electron chi connectivity index (χ3n) is 3.31. The number of anilines is 2. The molecule has 0 fully saturated rings. The molecule has 3 aromatic rings. The summed E-state index contributed by atoms with van der Waals surface area (Å²) in [5.41, 5.74) is 4.55. The standard InChI is InChI=1S/C16H15N3.ClH/c1-11-7-8-13(9-12(11)2)19-16-14-5-3-4-6-15(14)17-10-18-16;/h3-10H,1-2H3,(H,17,18,19);1H. The summed E-state index contributed by atoms with van der Waals surface area (Å²) in [6, 6.07) is 14.3. The quantitative estimate of drug-likeness (QED) is 0.758. The zero-order valence-electron chi connectivity index (χ0n) is 11.4. The molecule has 0 amide bonds. The number of fused-ring (bicyclic) bond motifs is 1. The van der Waals surface area contributed by atoms with E-state index in [1.807, 2.05) is 24.3 Å². The lowest BCUT2D eigenvalue weighted by Gasteiger charge is -2.09. The lowest BCUT2D eigenvalue weighted by Crippen LogP contribution is -1.96. The van der Waals surface area contributed by atoms with Gasteiger partial charge in [0.25, 0.3) is 0 Å². The van der Waals surface area contributed by atoms with Gasteiger partial charge in [0.15, 0.2) is 0 Å². The smallest absolute Gasteiger partial charge is 0.141 e. The molecule has 1 heterocycles. The number of hydrogen-bond donors (Lipinski definition) is 1. The molecule has 0 atom stereocenters. The van der Waals surface area contributed by atoms with Crippen LogP contribution in [0.1, 0.15) is 11.1 Å². The first-order valence-corrected chi connectivity index (χ1v) is 6.28. The zero-order valence-corrected chi connectivity index (χ0v) is 12.2. The highest BCUT2D eigenvalue weighted by atomic mass is 35.5. The highest BCUT2D eigenvalue weighted by molar-refractivity contribution is 5.90. The van der Waals surface area contributed by atoms with Gasteiger partial charge in [-0.15, -0.1) is 12.4 Å². The van der Waals surface area contributed by atoms with Gasteiger partial charge in [-0.1, -0.05) is 18.2 Å². The Morgan fingerprint density at radius 1 is 0.900 bits per heavy atom. The number of aryl methyl sites for hydroxylation is 2. The second-order valence-corrected chi connectivity index (χ2v) is 4.66. The highest BCUT2D eigenvalue weighted by Gasteiger charge is 2.03. The Labute approximate surface area is 124 Å². The Morgan fingerprint density at radius 2 is 1.70 bits per heavy atom. The molecule has 2 aromatic carbocycles. The van der Waals surface area contributed by atoms with Crippen LogP contribution < -0.4 is 5.32 Å². The molecule has 0 radical (unpaired) electrons. The summed E-state index contributed by atoms with van der Waals surface area (Å²) in [4.78, 5) is 8.60. The fraction of sp³-hybridized carbons (Fsp3) is 0.125. The Balaban J connectivity index is 0.00000147. The molecule has 4 heteroatoms. The van der Waals surface area contributed by atoms with Crippen LogP contribution in [0.4, 0.5) is 11.5 Å². The van der Waals surface area contributed by atoms with Crippen molar-refractivity contribution in [3.8, 4) is 0 Å². The van der Waals surface area contributed by atoms with E-state index >= 15 is 0 Å². The number of halogens is 1. The third-order valence-corrected chi connectivity index (χ3v) is 3.31. The Hall–Kier alpha value is -2.13. The second-order valence-electron chi connectivity index (χ2n) is 4.66. The van der Waals surface area contributed by atoms with E-state index < -0.39 is 0 Å². The minimum absolute atomic E-state index is 0. The van der Waals surface area contributed by atoms with Crippen molar-refractivity contribution in [2.24, 2.45) is 0 Å². The molecule has 0 aliphatic rings. The van der Waals surface area contributed by atoms with Crippen molar-refractivity contribution in [3.63, 3.8) is 0 Å². The molecule has 0 saturated carbocycles. The maximum Gasteiger partial charge on any atom is 0.141 e. The number of aromatic nitrogens is 2. The predicted octanol–water partition coefficient (Wildman–Crippen LogP) is 4.41. The van der Waals surface area contributed by atoms with Gasteiger partial charge in [-0.05, 0) is 49.2 Å². The highest BCUT2D eigenvalue weighted by Crippen LogP contribution is 2.23. The third kappa shape index (κ3) is 2.73. The van der Waals surface area contributed by atoms with Gasteiger partial charge in [-0.3, -0.25) is 0 Å². The van der Waals surface area contributed by atoms with Crippen molar-refractivity contribution in [1.29, 1.82) is 0 Å². The molecular weight excluding hydrogens is 270 g/mol. The first kappa shape index (κ1) is 14.3. The van der Waals surface area contributed by atoms with Crippen LogP contribution in [-0.2, 0) is 0 Å². The van der Waals surface area contributed by atoms with Crippen molar-refractivity contribution in [3.05, 3.63) is 59.9 Å². The SMILES string of the molecule is Cc1ccc(Nc2ncnc3ccccc23)cc1C.Cl. The number of hydrogen-bond acceptors (Lipinski definition) is 3. The van der Waals surface area contributed by atoms with Crippen molar-refractivity contribution in [1.82, 2.24) is 9.97 Å². The largest absolute Gasteiger partial charge is 0.340 e. The number of nitrogens with one attached hydrogen (secondary N) is 1. The van der Waals surface area contributed by atoms with Crippen molar-refractivity contribution in [2.45, 2.75) is 13.8 Å². The fourth-order valence-electron chi connectivity index (χ4n) is 2.06. The van der Waals surface area contributed by atoms with Crippen LogP contribution in [0.2, 0.25) is 0 Å². The number of benzene rings is 2. The Morgan fingerprint density at radius 3 is 2.50 bits per heavy atom. The van der Waals surface area contributed by atoms with Crippen LogP contribution in [0.25, 0.3) is 10.9 Å². The summed E-state index contributed by atoms with van der Waals surface area (Å²) < 4.78 is 0. The van der Waals surface area contributed by atoms with E-state index in [0.717, 1.165) is 22.4 Å². The molecule has 0 unspecified atom stereocenters. The van der Waals surface area contributed by atoms with Gasteiger partial charge in [0, 0.05) is 11.1 Å². The first-order valence-electron chi connectivity index (χ1n) is 6.28. The van der Waals surface area contributed by atoms with Crippen molar-refractivity contribution in [2.75, 3.05) is 5.32 Å². The normalized spacial score (nSPS) is 10.1. The second kappa shape index (κ2) is 5.88. The van der Waals surface area contributed by atoms with Crippen LogP contribution in [0.5, 0.6) is 0 Å². The Kier molecular flexibility index (Phi) is 4.20. The molecule has 102 valence electrons. The maximum atomic E-state index is 4.33. The molecule has 20 heavy (non-hydrogen) atoms. The van der Waals surface area contributed by atoms with Gasteiger partial charge in [0.05, 0.1) is 5.52 Å². The molecule has 0 spiro atoms. The van der Waals surface area contributed by atoms with Gasteiger partial charge < -0.3 is 5.32 Å². The van der Waals surface area contributed by atoms with Gasteiger partial charge in [-0.25, -0.2) is 9.97 Å². The number of nitrogens with zero attached hydrogens (tertiary/aromatic N) is 2. The number of rotatable bonds is 2. The summed E-state index contributed by atoms with van der Waals surface area (Å²) in [5, 5.41) is 4.39. The molecule has 0 bridgehead atoms. The molecule has 0 saturated heterocycles. The van der Waals surface area contributed by atoms with E-state index in [0.29, 0.717) is 0 Å². The Bertz CT molecular complexity index is 735. The van der Waals surface area contributed by atoms with Gasteiger partial charge >= 0.3 is 0 Å². The average Bonchev–Trinajstić information content (AvgIpc) is 2.43. The van der Waals surface area contributed by atoms with Crippen LogP contribution in [-0.4, -0.2) is 9.97 Å². The molecule has 0 aliphatic heterocycles. The van der Waals surface area contributed by atoms with E-state index in [1.54, 1.807) is 6.33 Å². The predicted molar refractivity (Wildman–Crippen MR) is 86.0 cm³/mol. The lowest BCUT2D eigenvalue weighted by molar-refractivity contribution is 1.22. The molecule has 0 aliphatic carbocycles. The molecular formula is C16H16ClN3. The summed E-state index contributed by atoms with van der Waals surface area (Å²) in [6.45, 7) is 4.22. The van der Waals surface area contributed by atoms with Crippen LogP contribution in [0.3, 0.4) is 0 Å². The summed E-state index contributed by atoms with van der Waals surface area (Å²) in [5.74, 6) is 0.842. The maximum absolute atomic E-state index is 4.33. The first-order chi connectivity index (χ1) is 9.24. The van der Waals surface area contributed by atoms with Crippen LogP contribution >= 0.6 is 12.4 Å². The van der Waals surface area contributed by atoms with E-state index in [2.05, 4.69) is 47.3 Å². The molecule has 1 N–H and O–H groups in total. The van der Waals surface area contributed by atoms with E-state index in [4.69, 9.17) is 0 Å². The molecule has 1 aromatic heterocycles. The van der Waals surface area contributed by atoms with Crippen molar-refractivity contribution >= 4 is 34.8 Å². The minimum atomic E-state index is 0. The molecule has 3 rings (SSSR count). The number of para-hydroxylation sites is 1. The van der Waals surface area contributed by atoms with E-state index in [9.17, 15) is 0 Å². The van der Waals surface area contributed by atoms with Gasteiger partial charge in [-0.2, -0.15) is 0 Å². The fourth-order valence-corrected chi connectivity index (χ4v) is 2.06. The topological polar surface area (TPSA) is 37.8 Å². The minimum Gasteiger partial charge on any atom is -0.340 e. The van der Waals surface area contributed by atoms with E-state index in [1.165, 1.54) is 11.1 Å². The van der Waals surface area contributed by atoms with Crippen LogP contribution in [0.15, 0.2) is 48.8 Å².